The van der Waals surface area contributed by atoms with Gasteiger partial charge in [-0.1, -0.05) is 54.6 Å². The molecule has 2 fully saturated rings. The summed E-state index contributed by atoms with van der Waals surface area (Å²) in [6, 6.07) is 18.4. The van der Waals surface area contributed by atoms with Crippen LogP contribution in [0.15, 0.2) is 101 Å². The summed E-state index contributed by atoms with van der Waals surface area (Å²) >= 11 is 0. The molecule has 0 unspecified atom stereocenters. The number of phenols is 1. The van der Waals surface area contributed by atoms with E-state index in [4.69, 9.17) is 22.9 Å². The van der Waals surface area contributed by atoms with Gasteiger partial charge < -0.3 is 85.7 Å². The molecule has 34 nitrogen and oxygen atoms in total. The van der Waals surface area contributed by atoms with Crippen molar-refractivity contribution in [2.45, 2.75) is 88.5 Å². The number of aliphatic carboxylic acids is 2. The Hall–Kier alpha value is -10.8. The second-order valence-corrected chi connectivity index (χ2v) is 25.0. The Morgan fingerprint density at radius 2 is 1.15 bits per heavy atom. The number of anilines is 1. The molecule has 5 atom stereocenters. The van der Waals surface area contributed by atoms with Crippen LogP contribution in [0.2, 0.25) is 0 Å². The molecule has 34 heteroatoms. The molecule has 19 N–H and O–H groups in total. The molecule has 102 heavy (non-hydrogen) atoms. The minimum atomic E-state index is -1.32. The third kappa shape index (κ3) is 28.4. The molecule has 0 aromatic heterocycles. The predicted octanol–water partition coefficient (Wildman–Crippen LogP) is -3.42. The molecule has 0 aliphatic carbocycles. The fourth-order valence-electron chi connectivity index (χ4n) is 11.6. The van der Waals surface area contributed by atoms with Gasteiger partial charge in [-0.25, -0.2) is 0 Å². The summed E-state index contributed by atoms with van der Waals surface area (Å²) in [6.07, 6.45) is 0.321. The van der Waals surface area contributed by atoms with E-state index in [2.05, 4.69) is 52.5 Å². The highest BCUT2D eigenvalue weighted by atomic mass is 16.4. The van der Waals surface area contributed by atoms with E-state index in [9.17, 15) is 72.9 Å². The number of nitrogens with two attached hydrogens (primary N) is 4. The topological polar surface area (TPSA) is 507 Å². The van der Waals surface area contributed by atoms with E-state index in [0.717, 1.165) is 15.7 Å². The van der Waals surface area contributed by atoms with Gasteiger partial charge in [0.15, 0.2) is 11.9 Å². The largest absolute Gasteiger partial charge is 0.508 e. The van der Waals surface area contributed by atoms with Crippen molar-refractivity contribution < 1.29 is 72.9 Å². The molecular weight excluding hydrogens is 1320 g/mol. The Balaban J connectivity index is 1.10. The van der Waals surface area contributed by atoms with Gasteiger partial charge in [0.1, 0.15) is 41.7 Å². The highest BCUT2D eigenvalue weighted by molar-refractivity contribution is 5.99. The highest BCUT2D eigenvalue weighted by Crippen LogP contribution is 2.20. The number of carbonyl (C=O) groups is 12. The van der Waals surface area contributed by atoms with Crippen molar-refractivity contribution in [2.75, 3.05) is 124 Å². The van der Waals surface area contributed by atoms with E-state index in [1.54, 1.807) is 26.8 Å². The Morgan fingerprint density at radius 3 is 1.75 bits per heavy atom. The van der Waals surface area contributed by atoms with Gasteiger partial charge in [-0.3, -0.25) is 87.1 Å². The zero-order valence-electron chi connectivity index (χ0n) is 57.4. The van der Waals surface area contributed by atoms with Crippen molar-refractivity contribution in [2.24, 2.45) is 32.9 Å². The molecule has 2 saturated heterocycles. The van der Waals surface area contributed by atoms with Gasteiger partial charge in [-0.05, 0) is 104 Å². The molecule has 6 rings (SSSR count). The maximum Gasteiger partial charge on any atom is 0.317 e. The lowest BCUT2D eigenvalue weighted by molar-refractivity contribution is -0.142. The fraction of sp³-hybridized carbons (Fsp3) is 0.471. The van der Waals surface area contributed by atoms with Crippen LogP contribution >= 0.6 is 0 Å². The van der Waals surface area contributed by atoms with Crippen molar-refractivity contribution in [1.29, 1.82) is 0 Å². The number of rotatable bonds is 30. The lowest BCUT2D eigenvalue weighted by Gasteiger charge is -2.33. The van der Waals surface area contributed by atoms with Gasteiger partial charge in [0.25, 0.3) is 5.91 Å². The van der Waals surface area contributed by atoms with Crippen LogP contribution in [-0.4, -0.2) is 271 Å². The molecule has 2 aliphatic heterocycles. The molecule has 2 aliphatic rings. The van der Waals surface area contributed by atoms with Crippen LogP contribution < -0.4 is 65.5 Å². The Labute approximate surface area is 590 Å². The molecule has 0 saturated carbocycles. The van der Waals surface area contributed by atoms with Crippen molar-refractivity contribution in [3.05, 3.63) is 108 Å². The number of benzene rings is 4. The Bertz CT molecular complexity index is 3590. The summed E-state index contributed by atoms with van der Waals surface area (Å²) in [5.74, 6) is -8.94. The number of ketones is 1. The molecular formula is C68H95N19O15. The molecule has 0 radical (unpaired) electrons. The average Bonchev–Trinajstić information content (AvgIpc) is 1.05. The van der Waals surface area contributed by atoms with Gasteiger partial charge in [-0.15, -0.1) is 0 Å². The smallest absolute Gasteiger partial charge is 0.317 e. The molecule has 552 valence electrons. The van der Waals surface area contributed by atoms with Crippen molar-refractivity contribution in [1.82, 2.24) is 61.7 Å². The number of aliphatic imine (C=N–C) groups is 2. The average molecular weight is 1420 g/mol. The number of aromatic hydroxyl groups is 1. The number of hydrogen-bond donors (Lipinski definition) is 15. The summed E-state index contributed by atoms with van der Waals surface area (Å²) in [5.41, 5.74) is 23.8. The number of nitrogens with one attached hydrogen (secondary N) is 8. The van der Waals surface area contributed by atoms with E-state index >= 15 is 0 Å². The number of carboxylic acids is 2. The maximum absolute atomic E-state index is 14.7. The van der Waals surface area contributed by atoms with Crippen LogP contribution in [-0.2, 0) is 65.6 Å². The first-order valence-electron chi connectivity index (χ1n) is 33.6. The first-order valence-corrected chi connectivity index (χ1v) is 33.6. The van der Waals surface area contributed by atoms with Crippen LogP contribution in [0.1, 0.15) is 66.9 Å². The number of phenolic OH excluding ortho intramolecular Hbond substituents is 1. The van der Waals surface area contributed by atoms with Crippen LogP contribution in [0.25, 0.3) is 10.8 Å². The summed E-state index contributed by atoms with van der Waals surface area (Å²) in [5, 5.41) is 52.6. The summed E-state index contributed by atoms with van der Waals surface area (Å²) in [6.45, 7) is 1.59. The number of carbonyl (C=O) groups excluding carboxylic acids is 10. The normalized spacial score (nSPS) is 18.5. The van der Waals surface area contributed by atoms with Gasteiger partial charge >= 0.3 is 11.9 Å². The standard InChI is InChI=1S/C68H95N19O15/c1-43(88)39-84-26-28-85(29-31-87(42-60(95)96)33-32-86(30-27-84)41-59(93)94)40-58(92)79-51(10-5-24-74-67(69)70)62(98)76-37-56(90)78-49-19-17-47(18-20-49)61(97)73-23-7-12-55-65(101)81-52(11-6-25-75-68(71)72)64(100)82-53(36-45-13-16-46-8-3-4-9-48(46)34-45)63(99)77-38-57(91)80-54(66(102)83(55)2)35-44-14-21-50(89)22-15-44/h3-4,8-9,13-22,34,51-55,89H,5-7,10-12,23-33,35-42H2,1-2H3,(H,73,97)(H,76,98)(H,77,99)(H,78,90)(H,79,92)(H,80,91)(H,81,101)(H,82,100)(H,93,94)(H,95,96)(H4,69,70,74)(H4,71,72,75)/t51-,52-,53-,54+,55+/m0/s1. The summed E-state index contributed by atoms with van der Waals surface area (Å²) < 4.78 is 0. The third-order valence-electron chi connectivity index (χ3n) is 16.9. The number of carboxylic acid groups (broad SMARTS) is 2. The second kappa shape index (κ2) is 41.0. The number of hydrogen-bond acceptors (Lipinski definition) is 19. The SMILES string of the molecule is CC(=O)CN1CCN(CC(=O)O)CCN(CC(=O)O)CCN(CC(=O)N[C@@H](CCCN=C(N)N)C(=O)NCC(=O)Nc2ccc(C(=O)NCCC[C@@H]3C(=O)N[C@@H](CCCN=C(N)N)C(=O)N[C@@H](Cc4ccc5ccccc5c4)C(=O)NCC(=O)N[C@H](Cc4ccc(O)cc4)C(=O)N3C)cc2)CC1. The van der Waals surface area contributed by atoms with Crippen molar-refractivity contribution in [3.63, 3.8) is 0 Å². The van der Waals surface area contributed by atoms with E-state index in [1.165, 1.54) is 50.4 Å². The lowest BCUT2D eigenvalue weighted by atomic mass is 10.00. The summed E-state index contributed by atoms with van der Waals surface area (Å²) in [4.78, 5) is 178. The Kier molecular flexibility index (Phi) is 32.2. The first kappa shape index (κ1) is 80.1. The number of amides is 9. The predicted molar refractivity (Wildman–Crippen MR) is 378 cm³/mol. The van der Waals surface area contributed by atoms with Gasteiger partial charge in [-0.2, -0.15) is 0 Å². The van der Waals surface area contributed by atoms with E-state index in [0.29, 0.717) is 24.2 Å². The molecule has 2 heterocycles. The van der Waals surface area contributed by atoms with Gasteiger partial charge in [0, 0.05) is 103 Å². The van der Waals surface area contributed by atoms with Crippen LogP contribution in [0.3, 0.4) is 0 Å². The number of fused-ring (bicyclic) bond motifs is 1. The maximum atomic E-state index is 14.7. The lowest BCUT2D eigenvalue weighted by Crippen LogP contribution is -2.58. The van der Waals surface area contributed by atoms with Crippen molar-refractivity contribution in [3.8, 4) is 5.75 Å². The van der Waals surface area contributed by atoms with Crippen LogP contribution in [0, 0.1) is 0 Å². The Morgan fingerprint density at radius 1 is 0.588 bits per heavy atom. The van der Waals surface area contributed by atoms with Crippen LogP contribution in [0.5, 0.6) is 5.75 Å². The first-order chi connectivity index (χ1) is 48.7. The zero-order chi connectivity index (χ0) is 74.3. The van der Waals surface area contributed by atoms with Gasteiger partial charge in [0.05, 0.1) is 39.3 Å². The quantitative estimate of drug-likeness (QED) is 0.0137. The monoisotopic (exact) mass is 1420 g/mol. The minimum absolute atomic E-state index is 0.0160. The zero-order valence-corrected chi connectivity index (χ0v) is 57.4. The molecule has 4 aromatic carbocycles. The van der Waals surface area contributed by atoms with E-state index in [-0.39, 0.29) is 171 Å². The number of nitrogens with zero attached hydrogens (tertiary/aromatic N) is 7. The molecule has 9 amide bonds. The third-order valence-corrected chi connectivity index (χ3v) is 16.9. The number of guanidine groups is 2. The number of Topliss-reactive ketones (excluding diaryl/α,β-unsaturated/α-hetero) is 1. The molecule has 0 spiro atoms. The minimum Gasteiger partial charge on any atom is -0.508 e. The van der Waals surface area contributed by atoms with Gasteiger partial charge in [0.2, 0.25) is 47.3 Å². The molecule has 0 bridgehead atoms. The van der Waals surface area contributed by atoms with E-state index in [1.807, 2.05) is 47.4 Å². The fourth-order valence-corrected chi connectivity index (χ4v) is 11.6. The van der Waals surface area contributed by atoms with E-state index < -0.39 is 108 Å². The van der Waals surface area contributed by atoms with Crippen molar-refractivity contribution >= 4 is 99.3 Å². The number of likely N-dealkylation sites (N-methyl/N-ethyl adjacent to an activating group) is 1. The highest BCUT2D eigenvalue weighted by Gasteiger charge is 2.36. The molecule has 4 aromatic rings. The summed E-state index contributed by atoms with van der Waals surface area (Å²) in [7, 11) is 1.36. The van der Waals surface area contributed by atoms with Crippen LogP contribution in [0.4, 0.5) is 5.69 Å². The second-order valence-electron chi connectivity index (χ2n) is 25.0.